The molecule has 0 N–H and O–H groups in total. The van der Waals surface area contributed by atoms with E-state index in [1.807, 2.05) is 13.8 Å². The monoisotopic (exact) mass is 174 g/mol. The molecule has 0 aliphatic carbocycles. The SMILES string of the molecule is CC.CC=O.O=S1C=CC=C1. The molecule has 0 bridgehead atoms. The minimum absolute atomic E-state index is 0.750. The molecule has 3 heteroatoms. The van der Waals surface area contributed by atoms with Crippen LogP contribution in [0.2, 0.25) is 0 Å². The molecular formula is C8H14O2S. The van der Waals surface area contributed by atoms with Gasteiger partial charge in [0.05, 0.1) is 10.8 Å². The van der Waals surface area contributed by atoms with Crippen LogP contribution in [0, 0.1) is 0 Å². The van der Waals surface area contributed by atoms with Crippen molar-refractivity contribution in [3.63, 3.8) is 0 Å². The quantitative estimate of drug-likeness (QED) is 0.526. The van der Waals surface area contributed by atoms with Crippen LogP contribution in [0.3, 0.4) is 0 Å². The van der Waals surface area contributed by atoms with Crippen molar-refractivity contribution < 1.29 is 9.00 Å². The zero-order valence-electron chi connectivity index (χ0n) is 7.11. The Bertz CT molecular complexity index is 145. The van der Waals surface area contributed by atoms with Crippen LogP contribution < -0.4 is 0 Å². The minimum atomic E-state index is -0.784. The van der Waals surface area contributed by atoms with Gasteiger partial charge in [-0.2, -0.15) is 0 Å². The van der Waals surface area contributed by atoms with Crippen LogP contribution in [0.5, 0.6) is 0 Å². The largest absolute Gasteiger partial charge is 0.304 e. The first-order valence-electron chi connectivity index (χ1n) is 3.45. The smallest absolute Gasteiger partial charge is 0.116 e. The van der Waals surface area contributed by atoms with Gasteiger partial charge in [0, 0.05) is 10.8 Å². The summed E-state index contributed by atoms with van der Waals surface area (Å²) in [5, 5.41) is 3.28. The van der Waals surface area contributed by atoms with E-state index in [0.717, 1.165) is 6.29 Å². The summed E-state index contributed by atoms with van der Waals surface area (Å²) in [6.45, 7) is 5.44. The third kappa shape index (κ3) is 12.5. The van der Waals surface area contributed by atoms with E-state index in [-0.39, 0.29) is 0 Å². The lowest BCUT2D eigenvalue weighted by Crippen LogP contribution is -1.63. The molecule has 0 atom stereocenters. The Labute approximate surface area is 70.5 Å². The van der Waals surface area contributed by atoms with E-state index in [4.69, 9.17) is 4.79 Å². The lowest BCUT2D eigenvalue weighted by Gasteiger charge is -1.65. The molecule has 0 spiro atoms. The minimum Gasteiger partial charge on any atom is -0.304 e. The van der Waals surface area contributed by atoms with Gasteiger partial charge in [0.2, 0.25) is 0 Å². The first-order valence-corrected chi connectivity index (χ1v) is 4.73. The second-order valence-electron chi connectivity index (χ2n) is 1.22. The van der Waals surface area contributed by atoms with Gasteiger partial charge in [-0.3, -0.25) is 4.21 Å². The highest BCUT2D eigenvalue weighted by molar-refractivity contribution is 7.91. The van der Waals surface area contributed by atoms with Crippen LogP contribution >= 0.6 is 0 Å². The van der Waals surface area contributed by atoms with Crippen molar-refractivity contribution in [3.8, 4) is 0 Å². The molecule has 0 aromatic heterocycles. The fourth-order valence-corrected chi connectivity index (χ4v) is 0.873. The van der Waals surface area contributed by atoms with Gasteiger partial charge in [0.15, 0.2) is 0 Å². The molecular weight excluding hydrogens is 160 g/mol. The second-order valence-corrected chi connectivity index (χ2v) is 2.42. The summed E-state index contributed by atoms with van der Waals surface area (Å²) >= 11 is 0. The molecule has 1 rings (SSSR count). The third-order valence-corrected chi connectivity index (χ3v) is 1.39. The zero-order chi connectivity index (χ0) is 9.11. The fourth-order valence-electron chi connectivity index (χ4n) is 0.291. The van der Waals surface area contributed by atoms with Gasteiger partial charge in [-0.25, -0.2) is 0 Å². The number of carbonyl (C=O) groups is 1. The van der Waals surface area contributed by atoms with E-state index >= 15 is 0 Å². The summed E-state index contributed by atoms with van der Waals surface area (Å²) < 4.78 is 10.2. The average Bonchev–Trinajstić information content (AvgIpc) is 2.46. The van der Waals surface area contributed by atoms with E-state index in [2.05, 4.69) is 0 Å². The van der Waals surface area contributed by atoms with E-state index in [1.165, 1.54) is 6.92 Å². The predicted molar refractivity (Wildman–Crippen MR) is 49.5 cm³/mol. The molecule has 0 radical (unpaired) electrons. The molecule has 0 saturated carbocycles. The van der Waals surface area contributed by atoms with Gasteiger partial charge in [0.1, 0.15) is 6.29 Å². The average molecular weight is 174 g/mol. The number of aldehydes is 1. The molecule has 64 valence electrons. The molecule has 0 aromatic rings. The number of hydrogen-bond acceptors (Lipinski definition) is 2. The van der Waals surface area contributed by atoms with Crippen molar-refractivity contribution >= 4 is 17.1 Å². The highest BCUT2D eigenvalue weighted by Gasteiger charge is 1.86. The van der Waals surface area contributed by atoms with Gasteiger partial charge in [-0.1, -0.05) is 26.0 Å². The van der Waals surface area contributed by atoms with E-state index < -0.39 is 10.8 Å². The standard InChI is InChI=1S/C4H4OS.C2H4O.C2H6/c5-6-3-1-2-4-6;1-2-3;1-2/h1-4H;2H,1H3;1-2H3. The van der Waals surface area contributed by atoms with Crippen molar-refractivity contribution in [1.29, 1.82) is 0 Å². The summed E-state index contributed by atoms with van der Waals surface area (Å²) in [6, 6.07) is 0. The van der Waals surface area contributed by atoms with Gasteiger partial charge < -0.3 is 4.79 Å². The maximum Gasteiger partial charge on any atom is 0.116 e. The summed E-state index contributed by atoms with van der Waals surface area (Å²) in [7, 11) is -0.784. The predicted octanol–water partition coefficient (Wildman–Crippen LogP) is 2.01. The van der Waals surface area contributed by atoms with Crippen molar-refractivity contribution in [1.82, 2.24) is 0 Å². The summed E-state index contributed by atoms with van der Waals surface area (Å²) in [6.07, 6.45) is 4.30. The van der Waals surface area contributed by atoms with Crippen LogP contribution in [0.25, 0.3) is 0 Å². The Morgan fingerprint density at radius 1 is 1.18 bits per heavy atom. The van der Waals surface area contributed by atoms with Gasteiger partial charge in [0.25, 0.3) is 0 Å². The number of hydrogen-bond donors (Lipinski definition) is 0. The molecule has 0 unspecified atom stereocenters. The molecule has 11 heavy (non-hydrogen) atoms. The highest BCUT2D eigenvalue weighted by atomic mass is 32.2. The Morgan fingerprint density at radius 3 is 1.55 bits per heavy atom. The molecule has 0 saturated heterocycles. The molecule has 0 amide bonds. The summed E-state index contributed by atoms with van der Waals surface area (Å²) in [5.74, 6) is 0. The zero-order valence-corrected chi connectivity index (χ0v) is 7.93. The van der Waals surface area contributed by atoms with Gasteiger partial charge in [-0.05, 0) is 6.92 Å². The normalized spacial score (nSPS) is 12.6. The molecule has 1 aliphatic heterocycles. The first kappa shape index (κ1) is 12.9. The highest BCUT2D eigenvalue weighted by Crippen LogP contribution is 1.95. The third-order valence-electron chi connectivity index (χ3n) is 0.536. The number of allylic oxidation sites excluding steroid dienone is 2. The van der Waals surface area contributed by atoms with Crippen LogP contribution in [0.4, 0.5) is 0 Å². The van der Waals surface area contributed by atoms with E-state index in [1.54, 1.807) is 23.0 Å². The lowest BCUT2D eigenvalue weighted by molar-refractivity contribution is -0.106. The molecule has 1 heterocycles. The Morgan fingerprint density at radius 2 is 1.45 bits per heavy atom. The van der Waals surface area contributed by atoms with Crippen molar-refractivity contribution in [2.75, 3.05) is 0 Å². The Kier molecular flexibility index (Phi) is 14.1. The van der Waals surface area contributed by atoms with Crippen LogP contribution in [-0.4, -0.2) is 10.5 Å². The Hall–Kier alpha value is -0.700. The van der Waals surface area contributed by atoms with Crippen LogP contribution in [-0.2, 0) is 15.6 Å². The van der Waals surface area contributed by atoms with E-state index in [9.17, 15) is 4.21 Å². The lowest BCUT2D eigenvalue weighted by atomic mass is 10.6. The first-order chi connectivity index (χ1) is 5.31. The van der Waals surface area contributed by atoms with Crippen molar-refractivity contribution in [2.45, 2.75) is 20.8 Å². The maximum absolute atomic E-state index is 10.2. The van der Waals surface area contributed by atoms with Crippen LogP contribution in [0.1, 0.15) is 20.8 Å². The second kappa shape index (κ2) is 12.0. The maximum atomic E-state index is 10.2. The Balaban J connectivity index is 0. The molecule has 0 aromatic carbocycles. The van der Waals surface area contributed by atoms with E-state index in [0.29, 0.717) is 0 Å². The van der Waals surface area contributed by atoms with Crippen molar-refractivity contribution in [2.24, 2.45) is 0 Å². The van der Waals surface area contributed by atoms with Crippen LogP contribution in [0.15, 0.2) is 23.0 Å². The molecule has 1 aliphatic rings. The molecule has 2 nitrogen and oxygen atoms in total. The topological polar surface area (TPSA) is 34.1 Å². The van der Waals surface area contributed by atoms with Crippen molar-refractivity contribution in [3.05, 3.63) is 23.0 Å². The molecule has 0 fully saturated rings. The van der Waals surface area contributed by atoms with Gasteiger partial charge >= 0.3 is 0 Å². The summed E-state index contributed by atoms with van der Waals surface area (Å²) in [4.78, 5) is 8.81. The number of rotatable bonds is 0. The summed E-state index contributed by atoms with van der Waals surface area (Å²) in [5.41, 5.74) is 0. The van der Waals surface area contributed by atoms with Gasteiger partial charge in [-0.15, -0.1) is 0 Å². The number of carbonyl (C=O) groups excluding carboxylic acids is 1. The fraction of sp³-hybridized carbons (Fsp3) is 0.375.